The molecule has 0 aliphatic carbocycles. The average Bonchev–Trinajstić information content (AvgIpc) is 2.80. The van der Waals surface area contributed by atoms with E-state index in [1.54, 1.807) is 6.07 Å². The third-order valence-electron chi connectivity index (χ3n) is 7.16. The fourth-order valence-electron chi connectivity index (χ4n) is 4.91. The Kier molecular flexibility index (Phi) is 5.41. The fraction of sp³-hybridized carbons (Fsp3) is 0.400. The van der Waals surface area contributed by atoms with E-state index < -0.39 is 6.17 Å². The van der Waals surface area contributed by atoms with Crippen LogP contribution < -0.4 is 16.0 Å². The smallest absolute Gasteiger partial charge is 0.158 e. The van der Waals surface area contributed by atoms with Crippen LogP contribution in [0.1, 0.15) is 28.6 Å². The van der Waals surface area contributed by atoms with Crippen LogP contribution in [0.25, 0.3) is 10.8 Å². The molecule has 8 heteroatoms. The lowest BCUT2D eigenvalue weighted by molar-refractivity contribution is -0.0690. The van der Waals surface area contributed by atoms with Gasteiger partial charge in [0.2, 0.25) is 0 Å². The number of likely N-dealkylation sites (N-methyl/N-ethyl adjacent to an activating group) is 1. The Bertz CT molecular complexity index is 1250. The minimum absolute atomic E-state index is 0.104. The Balaban J connectivity index is 1.44. The van der Waals surface area contributed by atoms with Crippen LogP contribution in [0, 0.1) is 25.2 Å². The third-order valence-corrected chi connectivity index (χ3v) is 7.16. The van der Waals surface area contributed by atoms with Crippen molar-refractivity contribution < 1.29 is 4.74 Å². The molecule has 1 aromatic heterocycles. The fourth-order valence-corrected chi connectivity index (χ4v) is 4.91. The van der Waals surface area contributed by atoms with Gasteiger partial charge in [-0.05, 0) is 50.2 Å². The van der Waals surface area contributed by atoms with E-state index in [4.69, 9.17) is 10.5 Å². The molecule has 170 valence electrons. The number of hydrogen-bond donors (Lipinski definition) is 2. The highest BCUT2D eigenvalue weighted by atomic mass is 16.5. The number of benzene rings is 2. The second-order valence-electron chi connectivity index (χ2n) is 9.17. The number of rotatable bonds is 4. The molecule has 2 aliphatic heterocycles. The average molecular weight is 444 g/mol. The molecule has 2 saturated heterocycles. The molecule has 2 fully saturated rings. The molecule has 5 rings (SSSR count). The van der Waals surface area contributed by atoms with Gasteiger partial charge in [-0.15, -0.1) is 5.10 Å². The Morgan fingerprint density at radius 2 is 2.00 bits per heavy atom. The van der Waals surface area contributed by atoms with Crippen LogP contribution in [0.5, 0.6) is 0 Å². The number of anilines is 2. The van der Waals surface area contributed by atoms with E-state index in [1.807, 2.05) is 26.0 Å². The molecule has 3 aromatic rings. The van der Waals surface area contributed by atoms with E-state index in [2.05, 4.69) is 56.6 Å². The number of ether oxygens (including phenoxy) is 1. The van der Waals surface area contributed by atoms with Crippen molar-refractivity contribution in [3.63, 3.8) is 0 Å². The maximum Gasteiger partial charge on any atom is 0.158 e. The second kappa shape index (κ2) is 8.27. The van der Waals surface area contributed by atoms with Crippen molar-refractivity contribution in [2.24, 2.45) is 5.73 Å². The molecule has 8 nitrogen and oxygen atoms in total. The largest absolute Gasteiger partial charge is 0.378 e. The maximum absolute atomic E-state index is 9.36. The highest BCUT2D eigenvalue weighted by Crippen LogP contribution is 2.36. The highest BCUT2D eigenvalue weighted by Gasteiger charge is 2.48. The molecular formula is C25H29N7O. The number of fused-ring (bicyclic) bond motifs is 1. The van der Waals surface area contributed by atoms with Crippen molar-refractivity contribution in [2.75, 3.05) is 50.1 Å². The SMILES string of the molecule is Cc1c(C#N)cccc1[C@@H](N)Nc1nnc(C)c2ccc(N3CC4(COCCN4C)C3)cc12. The first kappa shape index (κ1) is 21.6. The lowest BCUT2D eigenvalue weighted by Crippen LogP contribution is -2.73. The first-order valence-electron chi connectivity index (χ1n) is 11.2. The zero-order valence-electron chi connectivity index (χ0n) is 19.3. The monoisotopic (exact) mass is 443 g/mol. The number of aromatic nitrogens is 2. The number of morpholine rings is 1. The number of nitrogens with two attached hydrogens (primary N) is 1. The van der Waals surface area contributed by atoms with Crippen LogP contribution in [0.4, 0.5) is 11.5 Å². The van der Waals surface area contributed by atoms with E-state index in [1.165, 1.54) is 0 Å². The van der Waals surface area contributed by atoms with Crippen molar-refractivity contribution in [1.29, 1.82) is 5.26 Å². The van der Waals surface area contributed by atoms with Crippen LogP contribution in [-0.2, 0) is 4.74 Å². The summed E-state index contributed by atoms with van der Waals surface area (Å²) < 4.78 is 5.77. The molecular weight excluding hydrogens is 414 g/mol. The third kappa shape index (κ3) is 3.68. The zero-order chi connectivity index (χ0) is 23.2. The summed E-state index contributed by atoms with van der Waals surface area (Å²) in [6.07, 6.45) is -0.512. The van der Waals surface area contributed by atoms with Gasteiger partial charge in [-0.1, -0.05) is 18.2 Å². The quantitative estimate of drug-likeness (QED) is 0.594. The molecule has 1 atom stereocenters. The summed E-state index contributed by atoms with van der Waals surface area (Å²) in [5, 5.41) is 23.5. The lowest BCUT2D eigenvalue weighted by Gasteiger charge is -2.57. The second-order valence-corrected chi connectivity index (χ2v) is 9.17. The molecule has 0 saturated carbocycles. The minimum atomic E-state index is -0.512. The van der Waals surface area contributed by atoms with Gasteiger partial charge < -0.3 is 20.7 Å². The van der Waals surface area contributed by atoms with Crippen molar-refractivity contribution in [1.82, 2.24) is 15.1 Å². The summed E-state index contributed by atoms with van der Waals surface area (Å²) in [5.74, 6) is 0.639. The predicted molar refractivity (Wildman–Crippen MR) is 129 cm³/mol. The van der Waals surface area contributed by atoms with E-state index in [-0.39, 0.29) is 5.54 Å². The van der Waals surface area contributed by atoms with Crippen molar-refractivity contribution in [3.05, 3.63) is 58.8 Å². The number of aryl methyl sites for hydroxylation is 1. The molecule has 3 N–H and O–H groups in total. The number of nitriles is 1. The van der Waals surface area contributed by atoms with Gasteiger partial charge in [-0.2, -0.15) is 10.4 Å². The molecule has 33 heavy (non-hydrogen) atoms. The van der Waals surface area contributed by atoms with Crippen LogP contribution >= 0.6 is 0 Å². The van der Waals surface area contributed by atoms with Crippen LogP contribution in [0.15, 0.2) is 36.4 Å². The summed E-state index contributed by atoms with van der Waals surface area (Å²) >= 11 is 0. The molecule has 0 unspecified atom stereocenters. The summed E-state index contributed by atoms with van der Waals surface area (Å²) in [6, 6.07) is 14.2. The van der Waals surface area contributed by atoms with Gasteiger partial charge in [-0.25, -0.2) is 0 Å². The zero-order valence-corrected chi connectivity index (χ0v) is 19.3. The first-order chi connectivity index (χ1) is 15.9. The Hall–Kier alpha value is -3.25. The summed E-state index contributed by atoms with van der Waals surface area (Å²) in [4.78, 5) is 4.80. The normalized spacial score (nSPS) is 18.7. The van der Waals surface area contributed by atoms with E-state index in [0.717, 1.165) is 66.1 Å². The lowest BCUT2D eigenvalue weighted by atomic mass is 9.87. The highest BCUT2D eigenvalue weighted by molar-refractivity contribution is 5.95. The van der Waals surface area contributed by atoms with Crippen LogP contribution in [0.3, 0.4) is 0 Å². The van der Waals surface area contributed by atoms with Crippen LogP contribution in [-0.4, -0.2) is 60.5 Å². The number of nitrogens with zero attached hydrogens (tertiary/aromatic N) is 5. The van der Waals surface area contributed by atoms with Crippen molar-refractivity contribution in [3.8, 4) is 6.07 Å². The van der Waals surface area contributed by atoms with Gasteiger partial charge in [0, 0.05) is 36.1 Å². The molecule has 2 aromatic carbocycles. The van der Waals surface area contributed by atoms with Crippen molar-refractivity contribution >= 4 is 22.3 Å². The molecule has 0 radical (unpaired) electrons. The Morgan fingerprint density at radius 3 is 2.76 bits per heavy atom. The first-order valence-corrected chi connectivity index (χ1v) is 11.2. The summed E-state index contributed by atoms with van der Waals surface area (Å²) in [6.45, 7) is 8.31. The molecule has 0 amide bonds. The van der Waals surface area contributed by atoms with E-state index >= 15 is 0 Å². The minimum Gasteiger partial charge on any atom is -0.378 e. The Labute approximate surface area is 193 Å². The summed E-state index contributed by atoms with van der Waals surface area (Å²) in [7, 11) is 2.19. The van der Waals surface area contributed by atoms with E-state index in [9.17, 15) is 5.26 Å². The standard InChI is InChI=1S/C25H29N7O/c1-16-18(12-26)5-4-6-20(16)23(27)28-24-22-11-19(7-8-21(22)17(2)29-30-24)32-13-25(14-32)15-33-10-9-31(25)3/h4-8,11,23H,9-10,13-15,27H2,1-3H3,(H,28,30)/t23-/m0/s1. The van der Waals surface area contributed by atoms with Gasteiger partial charge in [0.1, 0.15) is 6.17 Å². The van der Waals surface area contributed by atoms with E-state index in [0.29, 0.717) is 11.4 Å². The molecule has 0 bridgehead atoms. The molecule has 3 heterocycles. The molecule has 1 spiro atoms. The Morgan fingerprint density at radius 1 is 1.18 bits per heavy atom. The van der Waals surface area contributed by atoms with Gasteiger partial charge in [0.15, 0.2) is 5.82 Å². The van der Waals surface area contributed by atoms with Gasteiger partial charge in [0.25, 0.3) is 0 Å². The number of nitrogens with one attached hydrogen (secondary N) is 1. The van der Waals surface area contributed by atoms with Gasteiger partial charge >= 0.3 is 0 Å². The number of hydrogen-bond acceptors (Lipinski definition) is 8. The maximum atomic E-state index is 9.36. The predicted octanol–water partition coefficient (Wildman–Crippen LogP) is 2.71. The summed E-state index contributed by atoms with van der Waals surface area (Å²) in [5.41, 5.74) is 11.0. The van der Waals surface area contributed by atoms with Gasteiger partial charge in [-0.3, -0.25) is 4.90 Å². The van der Waals surface area contributed by atoms with Crippen LogP contribution in [0.2, 0.25) is 0 Å². The molecule has 2 aliphatic rings. The topological polar surface area (TPSA) is 103 Å². The van der Waals surface area contributed by atoms with Crippen molar-refractivity contribution in [2.45, 2.75) is 25.6 Å². The van der Waals surface area contributed by atoms with Gasteiger partial charge in [0.05, 0.1) is 36.1 Å².